The van der Waals surface area contributed by atoms with Crippen molar-refractivity contribution in [3.05, 3.63) is 46.4 Å². The number of rotatable bonds is 6. The van der Waals surface area contributed by atoms with Gasteiger partial charge in [0.05, 0.1) is 17.0 Å². The Morgan fingerprint density at radius 3 is 2.80 bits per heavy atom. The quantitative estimate of drug-likeness (QED) is 0.552. The van der Waals surface area contributed by atoms with Crippen molar-refractivity contribution in [2.45, 2.75) is 26.4 Å². The first-order chi connectivity index (χ1) is 12.0. The highest BCUT2D eigenvalue weighted by molar-refractivity contribution is 6.07. The van der Waals surface area contributed by atoms with Crippen LogP contribution in [0.2, 0.25) is 0 Å². The summed E-state index contributed by atoms with van der Waals surface area (Å²) >= 11 is 0. The minimum absolute atomic E-state index is 0.182. The molecule has 3 aromatic rings. The van der Waals surface area contributed by atoms with E-state index in [0.717, 1.165) is 11.8 Å². The first-order valence-corrected chi connectivity index (χ1v) is 8.40. The zero-order valence-electron chi connectivity index (χ0n) is 14.7. The van der Waals surface area contributed by atoms with Crippen LogP contribution in [0.5, 0.6) is 0 Å². The van der Waals surface area contributed by atoms with Gasteiger partial charge in [0.25, 0.3) is 5.91 Å². The first kappa shape index (κ1) is 17.2. The van der Waals surface area contributed by atoms with Crippen molar-refractivity contribution in [3.8, 4) is 0 Å². The lowest BCUT2D eigenvalue weighted by molar-refractivity contribution is 0.0756. The van der Waals surface area contributed by atoms with Crippen LogP contribution >= 0.6 is 0 Å². The zero-order valence-corrected chi connectivity index (χ0v) is 14.7. The van der Waals surface area contributed by atoms with E-state index in [0.29, 0.717) is 35.3 Å². The molecule has 1 amide bonds. The van der Waals surface area contributed by atoms with Crippen molar-refractivity contribution >= 4 is 27.8 Å². The van der Waals surface area contributed by atoms with Crippen molar-refractivity contribution in [1.82, 2.24) is 9.88 Å². The number of amides is 1. The smallest absolute Gasteiger partial charge is 0.345 e. The van der Waals surface area contributed by atoms with Crippen molar-refractivity contribution < 1.29 is 13.9 Å². The SMILES string of the molecule is CC(C)OCCCNC(=O)c1cc2c(=O)oc3ccccc3c2n1C. The Morgan fingerprint density at radius 1 is 1.28 bits per heavy atom. The lowest BCUT2D eigenvalue weighted by atomic mass is 10.2. The molecule has 0 unspecified atom stereocenters. The molecule has 1 aromatic carbocycles. The van der Waals surface area contributed by atoms with Gasteiger partial charge >= 0.3 is 5.63 Å². The number of carbonyl (C=O) groups excluding carboxylic acids is 1. The number of hydrogen-bond donors (Lipinski definition) is 1. The largest absolute Gasteiger partial charge is 0.422 e. The Kier molecular flexibility index (Phi) is 4.90. The summed E-state index contributed by atoms with van der Waals surface area (Å²) in [5, 5.41) is 4.09. The Hall–Kier alpha value is -2.60. The molecule has 0 spiro atoms. The maximum Gasteiger partial charge on any atom is 0.345 e. The summed E-state index contributed by atoms with van der Waals surface area (Å²) in [7, 11) is 1.78. The summed E-state index contributed by atoms with van der Waals surface area (Å²) in [6, 6.07) is 8.91. The summed E-state index contributed by atoms with van der Waals surface area (Å²) < 4.78 is 12.5. The molecular formula is C19H22N2O4. The van der Waals surface area contributed by atoms with Crippen LogP contribution in [0.1, 0.15) is 30.8 Å². The van der Waals surface area contributed by atoms with Gasteiger partial charge in [-0.3, -0.25) is 4.79 Å². The van der Waals surface area contributed by atoms with E-state index < -0.39 is 5.63 Å². The number of ether oxygens (including phenoxy) is 1. The molecule has 0 aliphatic rings. The minimum Gasteiger partial charge on any atom is -0.422 e. The predicted octanol–water partition coefficient (Wildman–Crippen LogP) is 2.83. The molecule has 2 heterocycles. The van der Waals surface area contributed by atoms with Gasteiger partial charge in [0.1, 0.15) is 11.3 Å². The van der Waals surface area contributed by atoms with Crippen molar-refractivity contribution in [3.63, 3.8) is 0 Å². The maximum atomic E-state index is 12.5. The molecule has 0 aliphatic carbocycles. The van der Waals surface area contributed by atoms with Crippen molar-refractivity contribution in [2.24, 2.45) is 7.05 Å². The first-order valence-electron chi connectivity index (χ1n) is 8.40. The van der Waals surface area contributed by atoms with Gasteiger partial charge in [0, 0.05) is 25.6 Å². The van der Waals surface area contributed by atoms with Crippen LogP contribution < -0.4 is 10.9 Å². The fourth-order valence-corrected chi connectivity index (χ4v) is 2.89. The molecular weight excluding hydrogens is 320 g/mol. The molecule has 0 saturated heterocycles. The third-order valence-corrected chi connectivity index (χ3v) is 4.09. The van der Waals surface area contributed by atoms with E-state index in [4.69, 9.17) is 9.15 Å². The van der Waals surface area contributed by atoms with Crippen LogP contribution in [0.25, 0.3) is 21.9 Å². The molecule has 0 atom stereocenters. The molecule has 0 saturated carbocycles. The van der Waals surface area contributed by atoms with E-state index in [1.165, 1.54) is 0 Å². The predicted molar refractivity (Wildman–Crippen MR) is 97.0 cm³/mol. The van der Waals surface area contributed by atoms with Gasteiger partial charge in [0.15, 0.2) is 0 Å². The third kappa shape index (κ3) is 3.44. The third-order valence-electron chi connectivity index (χ3n) is 4.09. The van der Waals surface area contributed by atoms with E-state index in [-0.39, 0.29) is 12.0 Å². The van der Waals surface area contributed by atoms with Gasteiger partial charge < -0.3 is 19.0 Å². The van der Waals surface area contributed by atoms with E-state index in [9.17, 15) is 9.59 Å². The van der Waals surface area contributed by atoms with Crippen LogP contribution in [-0.2, 0) is 11.8 Å². The number of nitrogens with zero attached hydrogens (tertiary/aromatic N) is 1. The Bertz CT molecular complexity index is 969. The van der Waals surface area contributed by atoms with Gasteiger partial charge in [-0.25, -0.2) is 4.79 Å². The number of aromatic nitrogens is 1. The lowest BCUT2D eigenvalue weighted by Gasteiger charge is -2.09. The molecule has 2 aromatic heterocycles. The molecule has 3 rings (SSSR count). The second-order valence-electron chi connectivity index (χ2n) is 6.27. The highest BCUT2D eigenvalue weighted by Gasteiger charge is 2.18. The summed E-state index contributed by atoms with van der Waals surface area (Å²) in [6.45, 7) is 5.07. The minimum atomic E-state index is -0.436. The Balaban J connectivity index is 1.86. The highest BCUT2D eigenvalue weighted by atomic mass is 16.5. The number of para-hydroxylation sites is 1. The number of hydrogen-bond acceptors (Lipinski definition) is 4. The summed E-state index contributed by atoms with van der Waals surface area (Å²) in [5.41, 5.74) is 1.22. The molecule has 0 fully saturated rings. The van der Waals surface area contributed by atoms with Crippen molar-refractivity contribution in [1.29, 1.82) is 0 Å². The Labute approximate surface area is 145 Å². The van der Waals surface area contributed by atoms with E-state index in [1.807, 2.05) is 32.0 Å². The van der Waals surface area contributed by atoms with E-state index in [2.05, 4.69) is 5.32 Å². The standard InChI is InChI=1S/C19H22N2O4/c1-12(2)24-10-6-9-20-18(22)15-11-14-17(21(15)3)13-7-4-5-8-16(13)25-19(14)23/h4-5,7-8,11-12H,6,9-10H2,1-3H3,(H,20,22). The number of benzene rings is 1. The average molecular weight is 342 g/mol. The number of nitrogens with one attached hydrogen (secondary N) is 1. The molecule has 0 aliphatic heterocycles. The molecule has 25 heavy (non-hydrogen) atoms. The van der Waals surface area contributed by atoms with Crippen molar-refractivity contribution in [2.75, 3.05) is 13.2 Å². The van der Waals surface area contributed by atoms with Gasteiger partial charge in [-0.05, 0) is 38.5 Å². The van der Waals surface area contributed by atoms with Crippen LogP contribution in [0.4, 0.5) is 0 Å². The lowest BCUT2D eigenvalue weighted by Crippen LogP contribution is -2.27. The maximum absolute atomic E-state index is 12.5. The molecule has 6 heteroatoms. The molecule has 0 radical (unpaired) electrons. The fraction of sp³-hybridized carbons (Fsp3) is 0.368. The highest BCUT2D eigenvalue weighted by Crippen LogP contribution is 2.25. The molecule has 132 valence electrons. The number of fused-ring (bicyclic) bond motifs is 3. The van der Waals surface area contributed by atoms with Crippen LogP contribution in [-0.4, -0.2) is 29.7 Å². The van der Waals surface area contributed by atoms with Crippen LogP contribution in [0.15, 0.2) is 39.5 Å². The molecule has 6 nitrogen and oxygen atoms in total. The normalized spacial score (nSPS) is 11.5. The molecule has 0 bridgehead atoms. The summed E-state index contributed by atoms with van der Waals surface area (Å²) in [4.78, 5) is 24.7. The number of carbonyl (C=O) groups is 1. The topological polar surface area (TPSA) is 73.5 Å². The summed E-state index contributed by atoms with van der Waals surface area (Å²) in [6.07, 6.45) is 0.917. The summed E-state index contributed by atoms with van der Waals surface area (Å²) in [5.74, 6) is -0.216. The monoisotopic (exact) mass is 342 g/mol. The van der Waals surface area contributed by atoms with E-state index in [1.54, 1.807) is 23.7 Å². The van der Waals surface area contributed by atoms with Crippen LogP contribution in [0.3, 0.4) is 0 Å². The van der Waals surface area contributed by atoms with Gasteiger partial charge in [-0.1, -0.05) is 12.1 Å². The van der Waals surface area contributed by atoms with E-state index >= 15 is 0 Å². The van der Waals surface area contributed by atoms with Gasteiger partial charge in [0.2, 0.25) is 0 Å². The molecule has 1 N–H and O–H groups in total. The fourth-order valence-electron chi connectivity index (χ4n) is 2.89. The zero-order chi connectivity index (χ0) is 18.0. The Morgan fingerprint density at radius 2 is 2.04 bits per heavy atom. The van der Waals surface area contributed by atoms with Gasteiger partial charge in [-0.2, -0.15) is 0 Å². The second-order valence-corrected chi connectivity index (χ2v) is 6.27. The second kappa shape index (κ2) is 7.11. The average Bonchev–Trinajstić information content (AvgIpc) is 2.93. The van der Waals surface area contributed by atoms with Gasteiger partial charge in [-0.15, -0.1) is 0 Å². The number of aryl methyl sites for hydroxylation is 1. The van der Waals surface area contributed by atoms with Crippen LogP contribution in [0, 0.1) is 0 Å².